The van der Waals surface area contributed by atoms with Crippen LogP contribution >= 0.6 is 27.7 Å². The number of aryl methyl sites for hydroxylation is 1. The zero-order valence-corrected chi connectivity index (χ0v) is 19.5. The second kappa shape index (κ2) is 11.0. The van der Waals surface area contributed by atoms with Crippen molar-refractivity contribution in [3.8, 4) is 11.5 Å². The van der Waals surface area contributed by atoms with Gasteiger partial charge in [-0.15, -0.1) is 5.10 Å². The van der Waals surface area contributed by atoms with Gasteiger partial charge in [0.05, 0.1) is 7.11 Å². The molecular weight excluding hydrogens is 482 g/mol. The third kappa shape index (κ3) is 6.60. The Hall–Kier alpha value is -2.78. The number of benzene rings is 2. The minimum atomic E-state index is -1.05. The smallest absolute Gasteiger partial charge is 0.342 e. The van der Waals surface area contributed by atoms with Crippen molar-refractivity contribution < 1.29 is 19.4 Å². The highest BCUT2D eigenvalue weighted by atomic mass is 79.9. The lowest BCUT2D eigenvalue weighted by atomic mass is 10.2. The van der Waals surface area contributed by atoms with Crippen molar-refractivity contribution >= 4 is 39.7 Å². The van der Waals surface area contributed by atoms with Crippen LogP contribution in [0.25, 0.3) is 6.08 Å². The Morgan fingerprint density at radius 2 is 2.00 bits per heavy atom. The first-order chi connectivity index (χ1) is 15.0. The molecule has 2 aromatic carbocycles. The number of methoxy groups -OCH3 is 1. The standard InChI is InChI=1S/C22H22BrN3O4S/c1-3-4-20-24-22(26-25-20)31-19(21(27)28)12-15-7-10-17(18(11-15)29-2)30-13-14-5-8-16(23)9-6-14/h5-12H,3-4,13H2,1-2H3,(H,27,28)(H,24,25,26)/b19-12-. The quantitative estimate of drug-likeness (QED) is 0.285. The fourth-order valence-electron chi connectivity index (χ4n) is 2.69. The number of rotatable bonds is 10. The van der Waals surface area contributed by atoms with Gasteiger partial charge in [-0.05, 0) is 59.7 Å². The molecule has 3 aromatic rings. The molecule has 0 spiro atoms. The summed E-state index contributed by atoms with van der Waals surface area (Å²) in [6.45, 7) is 2.43. The van der Waals surface area contributed by atoms with Gasteiger partial charge in [-0.25, -0.2) is 9.78 Å². The summed E-state index contributed by atoms with van der Waals surface area (Å²) < 4.78 is 12.3. The van der Waals surface area contributed by atoms with Gasteiger partial charge in [-0.1, -0.05) is 41.1 Å². The average molecular weight is 504 g/mol. The number of aromatic amines is 1. The highest BCUT2D eigenvalue weighted by molar-refractivity contribution is 9.10. The van der Waals surface area contributed by atoms with Crippen molar-refractivity contribution in [3.63, 3.8) is 0 Å². The molecule has 1 heterocycles. The molecule has 0 saturated carbocycles. The molecule has 0 aliphatic heterocycles. The van der Waals surface area contributed by atoms with Gasteiger partial charge in [0.1, 0.15) is 17.3 Å². The van der Waals surface area contributed by atoms with E-state index in [1.54, 1.807) is 31.4 Å². The van der Waals surface area contributed by atoms with Crippen molar-refractivity contribution in [2.24, 2.45) is 0 Å². The molecule has 3 rings (SSSR count). The summed E-state index contributed by atoms with van der Waals surface area (Å²) in [5.74, 6) is 0.777. The van der Waals surface area contributed by atoms with Crippen LogP contribution in [0, 0.1) is 0 Å². The number of aromatic nitrogens is 3. The number of hydrogen-bond donors (Lipinski definition) is 2. The van der Waals surface area contributed by atoms with Crippen LogP contribution in [-0.2, 0) is 17.8 Å². The number of halogens is 1. The summed E-state index contributed by atoms with van der Waals surface area (Å²) in [6.07, 6.45) is 3.25. The number of carbonyl (C=O) groups is 1. The maximum atomic E-state index is 11.7. The van der Waals surface area contributed by atoms with E-state index in [9.17, 15) is 9.90 Å². The van der Waals surface area contributed by atoms with Gasteiger partial charge in [0.25, 0.3) is 0 Å². The largest absolute Gasteiger partial charge is 0.493 e. The van der Waals surface area contributed by atoms with E-state index >= 15 is 0 Å². The Kier molecular flexibility index (Phi) is 8.13. The molecule has 0 bridgehead atoms. The Bertz CT molecular complexity index is 1070. The number of nitrogens with one attached hydrogen (secondary N) is 1. The summed E-state index contributed by atoms with van der Waals surface area (Å²) in [6, 6.07) is 13.1. The molecule has 0 unspecified atom stereocenters. The van der Waals surface area contributed by atoms with Gasteiger partial charge in [0.15, 0.2) is 11.5 Å². The number of thioether (sulfide) groups is 1. The molecule has 7 nitrogen and oxygen atoms in total. The van der Waals surface area contributed by atoms with E-state index < -0.39 is 5.97 Å². The molecule has 31 heavy (non-hydrogen) atoms. The first kappa shape index (κ1) is 22.9. The third-order valence-electron chi connectivity index (χ3n) is 4.20. The van der Waals surface area contributed by atoms with E-state index in [0.717, 1.165) is 40.5 Å². The Morgan fingerprint density at radius 3 is 2.68 bits per heavy atom. The topological polar surface area (TPSA) is 97.3 Å². The molecule has 2 N–H and O–H groups in total. The fraction of sp³-hybridized carbons (Fsp3) is 0.227. The monoisotopic (exact) mass is 503 g/mol. The lowest BCUT2D eigenvalue weighted by Crippen LogP contribution is -1.99. The predicted octanol–water partition coefficient (Wildman–Crippen LogP) is 5.33. The fourth-order valence-corrected chi connectivity index (χ4v) is 3.68. The molecule has 0 aliphatic carbocycles. The molecule has 0 saturated heterocycles. The molecule has 0 fully saturated rings. The second-order valence-corrected chi connectivity index (χ2v) is 8.48. The third-order valence-corrected chi connectivity index (χ3v) is 5.61. The molecule has 9 heteroatoms. The van der Waals surface area contributed by atoms with Crippen LogP contribution in [0.15, 0.2) is 57.0 Å². The Labute approximate surface area is 193 Å². The molecule has 0 amide bonds. The Balaban J connectivity index is 1.75. The van der Waals surface area contributed by atoms with Crippen LogP contribution in [0.1, 0.15) is 30.3 Å². The summed E-state index contributed by atoms with van der Waals surface area (Å²) in [5, 5.41) is 16.9. The van der Waals surface area contributed by atoms with Gasteiger partial charge in [0.2, 0.25) is 5.16 Å². The minimum Gasteiger partial charge on any atom is -0.493 e. The van der Waals surface area contributed by atoms with Crippen molar-refractivity contribution in [1.29, 1.82) is 0 Å². The first-order valence-electron chi connectivity index (χ1n) is 9.58. The average Bonchev–Trinajstić information content (AvgIpc) is 3.20. The van der Waals surface area contributed by atoms with Crippen LogP contribution in [-0.4, -0.2) is 33.4 Å². The number of aliphatic carboxylic acids is 1. The molecule has 1 aromatic heterocycles. The van der Waals surface area contributed by atoms with Crippen LogP contribution in [0.5, 0.6) is 11.5 Å². The van der Waals surface area contributed by atoms with Crippen LogP contribution in [0.3, 0.4) is 0 Å². The lowest BCUT2D eigenvalue weighted by Gasteiger charge is -2.12. The maximum absolute atomic E-state index is 11.7. The maximum Gasteiger partial charge on any atom is 0.342 e. The molecule has 0 radical (unpaired) electrons. The van der Waals surface area contributed by atoms with E-state index in [1.165, 1.54) is 0 Å². The molecule has 162 valence electrons. The highest BCUT2D eigenvalue weighted by Gasteiger charge is 2.14. The SMILES string of the molecule is CCCc1nc(S/C(=C\c2ccc(OCc3ccc(Br)cc3)c(OC)c2)C(=O)O)n[nH]1. The number of H-pyrrole nitrogens is 1. The van der Waals surface area contributed by atoms with Gasteiger partial charge in [-0.2, -0.15) is 0 Å². The van der Waals surface area contributed by atoms with Gasteiger partial charge >= 0.3 is 5.97 Å². The van der Waals surface area contributed by atoms with Gasteiger partial charge in [0, 0.05) is 10.9 Å². The zero-order valence-electron chi connectivity index (χ0n) is 17.1. The number of carboxylic acids is 1. The predicted molar refractivity (Wildman–Crippen MR) is 123 cm³/mol. The Morgan fingerprint density at radius 1 is 1.23 bits per heavy atom. The number of nitrogens with zero attached hydrogens (tertiary/aromatic N) is 2. The van der Waals surface area contributed by atoms with Crippen LogP contribution in [0.4, 0.5) is 0 Å². The van der Waals surface area contributed by atoms with Crippen molar-refractivity contribution in [3.05, 3.63) is 68.8 Å². The van der Waals surface area contributed by atoms with Crippen molar-refractivity contribution in [1.82, 2.24) is 15.2 Å². The van der Waals surface area contributed by atoms with Crippen LogP contribution < -0.4 is 9.47 Å². The lowest BCUT2D eigenvalue weighted by molar-refractivity contribution is -0.131. The van der Waals surface area contributed by atoms with E-state index in [1.807, 2.05) is 31.2 Å². The minimum absolute atomic E-state index is 0.104. The van der Waals surface area contributed by atoms with E-state index in [0.29, 0.717) is 28.8 Å². The zero-order chi connectivity index (χ0) is 22.2. The van der Waals surface area contributed by atoms with E-state index in [2.05, 4.69) is 31.1 Å². The molecular formula is C22H22BrN3O4S. The molecule has 0 atom stereocenters. The summed E-state index contributed by atoms with van der Waals surface area (Å²) in [5.41, 5.74) is 1.69. The van der Waals surface area contributed by atoms with Gasteiger partial charge in [-0.3, -0.25) is 5.10 Å². The summed E-state index contributed by atoms with van der Waals surface area (Å²) in [4.78, 5) is 16.2. The highest BCUT2D eigenvalue weighted by Crippen LogP contribution is 2.32. The van der Waals surface area contributed by atoms with Crippen molar-refractivity contribution in [2.75, 3.05) is 7.11 Å². The number of hydrogen-bond acceptors (Lipinski definition) is 6. The summed E-state index contributed by atoms with van der Waals surface area (Å²) >= 11 is 4.41. The molecule has 0 aliphatic rings. The first-order valence-corrected chi connectivity index (χ1v) is 11.2. The van der Waals surface area contributed by atoms with Gasteiger partial charge < -0.3 is 14.6 Å². The normalized spacial score (nSPS) is 11.4. The van der Waals surface area contributed by atoms with Crippen molar-refractivity contribution in [2.45, 2.75) is 31.5 Å². The number of carboxylic acid groups (broad SMARTS) is 1. The second-order valence-electron chi connectivity index (χ2n) is 6.56. The van der Waals surface area contributed by atoms with E-state index in [4.69, 9.17) is 9.47 Å². The van der Waals surface area contributed by atoms with E-state index in [-0.39, 0.29) is 4.91 Å². The summed E-state index contributed by atoms with van der Waals surface area (Å²) in [7, 11) is 1.55. The van der Waals surface area contributed by atoms with Crippen LogP contribution in [0.2, 0.25) is 0 Å². The number of ether oxygens (including phenoxy) is 2.